The van der Waals surface area contributed by atoms with Gasteiger partial charge in [-0.05, 0) is 24.0 Å². The molecule has 23 heavy (non-hydrogen) atoms. The summed E-state index contributed by atoms with van der Waals surface area (Å²) in [6.07, 6.45) is 4.01. The molecule has 2 aromatic carbocycles. The SMILES string of the molecule is CCCCC(N)(N)C(CC)C(c1ccccc1)c1ccccc1. The third-order valence-corrected chi connectivity index (χ3v) is 4.81. The van der Waals surface area contributed by atoms with E-state index in [0.717, 1.165) is 25.7 Å². The molecule has 0 aliphatic carbocycles. The molecule has 0 bridgehead atoms. The zero-order valence-corrected chi connectivity index (χ0v) is 14.4. The van der Waals surface area contributed by atoms with Crippen LogP contribution in [0.3, 0.4) is 0 Å². The van der Waals surface area contributed by atoms with Crippen LogP contribution in [0.25, 0.3) is 0 Å². The Bertz CT molecular complexity index is 523. The average Bonchev–Trinajstić information content (AvgIpc) is 2.59. The van der Waals surface area contributed by atoms with Gasteiger partial charge in [-0.1, -0.05) is 87.4 Å². The molecule has 0 aromatic heterocycles. The number of hydrogen-bond acceptors (Lipinski definition) is 2. The number of rotatable bonds is 8. The van der Waals surface area contributed by atoms with Crippen LogP contribution in [0.5, 0.6) is 0 Å². The molecule has 0 fully saturated rings. The molecule has 2 rings (SSSR count). The van der Waals surface area contributed by atoms with Crippen LogP contribution in [0, 0.1) is 5.92 Å². The second-order valence-electron chi connectivity index (χ2n) is 6.53. The van der Waals surface area contributed by atoms with Gasteiger partial charge in [-0.2, -0.15) is 0 Å². The first kappa shape index (κ1) is 17.7. The van der Waals surface area contributed by atoms with Gasteiger partial charge < -0.3 is 11.5 Å². The summed E-state index contributed by atoms with van der Waals surface area (Å²) >= 11 is 0. The van der Waals surface area contributed by atoms with Crippen LogP contribution in [-0.4, -0.2) is 5.66 Å². The summed E-state index contributed by atoms with van der Waals surface area (Å²) in [4.78, 5) is 0. The Labute approximate surface area is 140 Å². The van der Waals surface area contributed by atoms with Crippen molar-refractivity contribution in [2.24, 2.45) is 17.4 Å². The van der Waals surface area contributed by atoms with Gasteiger partial charge in [0.2, 0.25) is 0 Å². The van der Waals surface area contributed by atoms with E-state index < -0.39 is 5.66 Å². The molecular weight excluding hydrogens is 280 g/mol. The summed E-state index contributed by atoms with van der Waals surface area (Å²) in [6.45, 7) is 4.38. The molecule has 4 N–H and O–H groups in total. The summed E-state index contributed by atoms with van der Waals surface area (Å²) in [7, 11) is 0. The summed E-state index contributed by atoms with van der Waals surface area (Å²) in [5.41, 5.74) is 15.2. The van der Waals surface area contributed by atoms with Crippen LogP contribution < -0.4 is 11.5 Å². The molecule has 2 aromatic rings. The molecule has 1 atom stereocenters. The van der Waals surface area contributed by atoms with Crippen molar-refractivity contribution in [2.45, 2.75) is 51.1 Å². The predicted octanol–water partition coefficient (Wildman–Crippen LogP) is 4.65. The van der Waals surface area contributed by atoms with E-state index in [2.05, 4.69) is 74.5 Å². The smallest absolute Gasteiger partial charge is 0.0674 e. The van der Waals surface area contributed by atoms with Gasteiger partial charge >= 0.3 is 0 Å². The zero-order chi connectivity index (χ0) is 16.7. The zero-order valence-electron chi connectivity index (χ0n) is 14.4. The van der Waals surface area contributed by atoms with Gasteiger partial charge in [0.1, 0.15) is 0 Å². The molecule has 0 spiro atoms. The third kappa shape index (κ3) is 4.43. The Morgan fingerprint density at radius 2 is 1.30 bits per heavy atom. The maximum absolute atomic E-state index is 6.61. The van der Waals surface area contributed by atoms with Gasteiger partial charge in [0.25, 0.3) is 0 Å². The standard InChI is InChI=1S/C21H30N2/c1-3-5-16-21(22,23)19(4-2)20(17-12-8-6-9-13-17)18-14-10-7-11-15-18/h6-15,19-20H,3-5,16,22-23H2,1-2H3. The van der Waals surface area contributed by atoms with Gasteiger partial charge in [-0.25, -0.2) is 0 Å². The van der Waals surface area contributed by atoms with Crippen LogP contribution >= 0.6 is 0 Å². The van der Waals surface area contributed by atoms with Crippen LogP contribution in [0.4, 0.5) is 0 Å². The van der Waals surface area contributed by atoms with Crippen molar-refractivity contribution < 1.29 is 0 Å². The van der Waals surface area contributed by atoms with Crippen LogP contribution in [0.2, 0.25) is 0 Å². The Hall–Kier alpha value is -1.64. The molecule has 0 aliphatic rings. The highest BCUT2D eigenvalue weighted by Crippen LogP contribution is 2.39. The average molecular weight is 310 g/mol. The minimum absolute atomic E-state index is 0.207. The van der Waals surface area contributed by atoms with E-state index in [1.165, 1.54) is 11.1 Å². The van der Waals surface area contributed by atoms with Gasteiger partial charge in [0.15, 0.2) is 0 Å². The number of benzene rings is 2. The second-order valence-corrected chi connectivity index (χ2v) is 6.53. The Kier molecular flexibility index (Phi) is 6.37. The molecule has 0 amide bonds. The summed E-state index contributed by atoms with van der Waals surface area (Å²) < 4.78 is 0. The molecule has 0 heterocycles. The van der Waals surface area contributed by atoms with E-state index in [-0.39, 0.29) is 11.8 Å². The van der Waals surface area contributed by atoms with Crippen molar-refractivity contribution in [1.82, 2.24) is 0 Å². The minimum atomic E-state index is -0.652. The Morgan fingerprint density at radius 3 is 1.70 bits per heavy atom. The summed E-state index contributed by atoms with van der Waals surface area (Å²) in [5, 5.41) is 0. The van der Waals surface area contributed by atoms with Crippen LogP contribution in [0.15, 0.2) is 60.7 Å². The predicted molar refractivity (Wildman–Crippen MR) is 99.1 cm³/mol. The quantitative estimate of drug-likeness (QED) is 0.697. The molecular formula is C21H30N2. The summed E-state index contributed by atoms with van der Waals surface area (Å²) in [6, 6.07) is 21.3. The highest BCUT2D eigenvalue weighted by atomic mass is 15.0. The lowest BCUT2D eigenvalue weighted by molar-refractivity contribution is 0.224. The maximum Gasteiger partial charge on any atom is 0.0674 e. The molecule has 124 valence electrons. The van der Waals surface area contributed by atoms with E-state index in [9.17, 15) is 0 Å². The van der Waals surface area contributed by atoms with E-state index in [0.29, 0.717) is 0 Å². The van der Waals surface area contributed by atoms with E-state index in [1.54, 1.807) is 0 Å². The number of unbranched alkanes of at least 4 members (excludes halogenated alkanes) is 1. The largest absolute Gasteiger partial charge is 0.313 e. The topological polar surface area (TPSA) is 52.0 Å². The Morgan fingerprint density at radius 1 is 0.826 bits per heavy atom. The van der Waals surface area contributed by atoms with Crippen molar-refractivity contribution in [1.29, 1.82) is 0 Å². The lowest BCUT2D eigenvalue weighted by Gasteiger charge is -2.39. The number of hydrogen-bond donors (Lipinski definition) is 2. The monoisotopic (exact) mass is 310 g/mol. The van der Waals surface area contributed by atoms with Crippen LogP contribution in [-0.2, 0) is 0 Å². The van der Waals surface area contributed by atoms with E-state index in [1.807, 2.05) is 0 Å². The number of nitrogens with two attached hydrogens (primary N) is 2. The second kappa shape index (κ2) is 8.28. The lowest BCUT2D eigenvalue weighted by atomic mass is 9.72. The van der Waals surface area contributed by atoms with Gasteiger partial charge in [-0.3, -0.25) is 0 Å². The van der Waals surface area contributed by atoms with Crippen molar-refractivity contribution in [2.75, 3.05) is 0 Å². The van der Waals surface area contributed by atoms with Crippen LogP contribution in [0.1, 0.15) is 56.6 Å². The fraction of sp³-hybridized carbons (Fsp3) is 0.429. The highest BCUT2D eigenvalue weighted by Gasteiger charge is 2.36. The lowest BCUT2D eigenvalue weighted by Crippen LogP contribution is -2.57. The van der Waals surface area contributed by atoms with Crippen molar-refractivity contribution >= 4 is 0 Å². The molecule has 0 saturated heterocycles. The fourth-order valence-corrected chi connectivity index (χ4v) is 3.57. The molecule has 0 aliphatic heterocycles. The minimum Gasteiger partial charge on any atom is -0.313 e. The first-order chi connectivity index (χ1) is 11.1. The molecule has 0 radical (unpaired) electrons. The Balaban J connectivity index is 2.43. The fourth-order valence-electron chi connectivity index (χ4n) is 3.57. The molecule has 2 heteroatoms. The maximum atomic E-state index is 6.61. The van der Waals surface area contributed by atoms with Gasteiger partial charge in [0.05, 0.1) is 5.66 Å². The van der Waals surface area contributed by atoms with Gasteiger partial charge in [-0.15, -0.1) is 0 Å². The first-order valence-electron chi connectivity index (χ1n) is 8.77. The van der Waals surface area contributed by atoms with Crippen molar-refractivity contribution in [3.63, 3.8) is 0 Å². The normalized spacial score (nSPS) is 13.3. The summed E-state index contributed by atoms with van der Waals surface area (Å²) in [5.74, 6) is 0.438. The van der Waals surface area contributed by atoms with E-state index >= 15 is 0 Å². The van der Waals surface area contributed by atoms with Crippen molar-refractivity contribution in [3.05, 3.63) is 71.8 Å². The molecule has 1 unspecified atom stereocenters. The first-order valence-corrected chi connectivity index (χ1v) is 8.77. The highest BCUT2D eigenvalue weighted by molar-refractivity contribution is 5.34. The molecule has 0 saturated carbocycles. The molecule has 2 nitrogen and oxygen atoms in total. The van der Waals surface area contributed by atoms with E-state index in [4.69, 9.17) is 11.5 Å². The van der Waals surface area contributed by atoms with Gasteiger partial charge in [0, 0.05) is 11.8 Å². The third-order valence-electron chi connectivity index (χ3n) is 4.81. The van der Waals surface area contributed by atoms with Crippen molar-refractivity contribution in [3.8, 4) is 0 Å².